The largest absolute Gasteiger partial charge is 0.412 e. The van der Waals surface area contributed by atoms with Crippen molar-refractivity contribution in [3.63, 3.8) is 0 Å². The van der Waals surface area contributed by atoms with Crippen LogP contribution in [0.5, 0.6) is 0 Å². The van der Waals surface area contributed by atoms with Crippen LogP contribution in [0.4, 0.5) is 17.6 Å². The predicted molar refractivity (Wildman–Crippen MR) is 38.6 cm³/mol. The van der Waals surface area contributed by atoms with Gasteiger partial charge in [0.1, 0.15) is 0 Å². The minimum absolute atomic E-state index is 0.601. The molecule has 0 aliphatic rings. The summed E-state index contributed by atoms with van der Waals surface area (Å²) >= 11 is 0. The monoisotopic (exact) mass is 181 g/mol. The first kappa shape index (κ1) is 10.9. The molecule has 0 saturated carbocycles. The van der Waals surface area contributed by atoms with E-state index < -0.39 is 17.7 Å². The van der Waals surface area contributed by atoms with E-state index in [0.717, 1.165) is 6.92 Å². The summed E-state index contributed by atoms with van der Waals surface area (Å²) in [6, 6.07) is 0. The van der Waals surface area contributed by atoms with Crippen LogP contribution < -0.4 is 0 Å². The zero-order valence-corrected chi connectivity index (χ0v) is 6.32. The lowest BCUT2D eigenvalue weighted by Crippen LogP contribution is -2.08. The molecule has 0 aromatic carbocycles. The van der Waals surface area contributed by atoms with Crippen LogP contribution in [0.2, 0.25) is 0 Å². The minimum Gasteiger partial charge on any atom is -0.236 e. The Bertz CT molecular complexity index is 224. The lowest BCUT2D eigenvalue weighted by Gasteiger charge is -2.03. The maximum absolute atomic E-state index is 12.1. The summed E-state index contributed by atoms with van der Waals surface area (Å²) in [4.78, 5) is 2.77. The first-order chi connectivity index (χ1) is 5.38. The zero-order valence-electron chi connectivity index (χ0n) is 6.32. The third-order valence-corrected chi connectivity index (χ3v) is 1.07. The van der Waals surface area contributed by atoms with Crippen molar-refractivity contribution in [2.45, 2.75) is 13.1 Å². The third-order valence-electron chi connectivity index (χ3n) is 1.07. The molecule has 0 aliphatic carbocycles. The van der Waals surface area contributed by atoms with Gasteiger partial charge in [0.05, 0.1) is 0 Å². The van der Waals surface area contributed by atoms with E-state index in [0.29, 0.717) is 12.2 Å². The van der Waals surface area contributed by atoms with Crippen LogP contribution in [0.1, 0.15) is 6.92 Å². The summed E-state index contributed by atoms with van der Waals surface area (Å²) in [7, 11) is 0. The highest BCUT2D eigenvalue weighted by Gasteiger charge is 2.29. The van der Waals surface area contributed by atoms with Crippen LogP contribution in [0.15, 0.2) is 28.7 Å². The van der Waals surface area contributed by atoms with E-state index in [2.05, 4.69) is 11.7 Å². The van der Waals surface area contributed by atoms with Gasteiger partial charge in [-0.05, 0) is 25.8 Å². The van der Waals surface area contributed by atoms with Crippen LogP contribution >= 0.6 is 0 Å². The Labute approximate surface area is 67.1 Å². The molecule has 0 N–H and O–H groups in total. The molecule has 1 nitrogen and oxygen atoms in total. The number of nitrogens with zero attached hydrogens (tertiary/aromatic N) is 1. The molecule has 0 fully saturated rings. The molecular formula is C7H7F4N. The zero-order chi connectivity index (χ0) is 9.78. The van der Waals surface area contributed by atoms with E-state index in [1.54, 1.807) is 0 Å². The SMILES string of the molecule is C=N/C(F)=C\C=C(/C)C(F)(F)F. The van der Waals surface area contributed by atoms with Crippen LogP contribution in [0.3, 0.4) is 0 Å². The molecule has 0 aliphatic heterocycles. The van der Waals surface area contributed by atoms with Crippen LogP contribution in [-0.2, 0) is 0 Å². The van der Waals surface area contributed by atoms with Crippen molar-refractivity contribution in [1.82, 2.24) is 0 Å². The number of hydrogen-bond acceptors (Lipinski definition) is 1. The van der Waals surface area contributed by atoms with Crippen molar-refractivity contribution in [1.29, 1.82) is 0 Å². The van der Waals surface area contributed by atoms with Crippen molar-refractivity contribution in [2.24, 2.45) is 4.99 Å². The quantitative estimate of drug-likeness (QED) is 0.269. The van der Waals surface area contributed by atoms with Gasteiger partial charge in [0.2, 0.25) is 5.95 Å². The Morgan fingerprint density at radius 2 is 1.83 bits per heavy atom. The van der Waals surface area contributed by atoms with Gasteiger partial charge in [-0.25, -0.2) is 4.99 Å². The van der Waals surface area contributed by atoms with E-state index in [1.807, 2.05) is 0 Å². The summed E-state index contributed by atoms with van der Waals surface area (Å²) in [5.74, 6) is -1.04. The lowest BCUT2D eigenvalue weighted by atomic mass is 10.3. The highest BCUT2D eigenvalue weighted by molar-refractivity contribution is 5.28. The third kappa shape index (κ3) is 3.90. The summed E-state index contributed by atoms with van der Waals surface area (Å²) in [6.07, 6.45) is -3.21. The first-order valence-electron chi connectivity index (χ1n) is 2.96. The van der Waals surface area contributed by atoms with Gasteiger partial charge in [-0.15, -0.1) is 0 Å². The fourth-order valence-electron chi connectivity index (χ4n) is 0.341. The average molecular weight is 181 g/mol. The fourth-order valence-corrected chi connectivity index (χ4v) is 0.341. The summed E-state index contributed by atoms with van der Waals surface area (Å²) in [6.45, 7) is 3.64. The molecule has 0 spiro atoms. The molecule has 68 valence electrons. The van der Waals surface area contributed by atoms with Gasteiger partial charge in [-0.2, -0.15) is 17.6 Å². The molecular weight excluding hydrogens is 174 g/mol. The maximum Gasteiger partial charge on any atom is 0.412 e. The van der Waals surface area contributed by atoms with Crippen molar-refractivity contribution >= 4 is 6.72 Å². The van der Waals surface area contributed by atoms with Crippen LogP contribution in [0.25, 0.3) is 0 Å². The van der Waals surface area contributed by atoms with Gasteiger partial charge in [0, 0.05) is 5.57 Å². The van der Waals surface area contributed by atoms with Gasteiger partial charge in [-0.1, -0.05) is 0 Å². The second-order valence-electron chi connectivity index (χ2n) is 1.99. The van der Waals surface area contributed by atoms with Crippen molar-refractivity contribution in [2.75, 3.05) is 0 Å². The number of alkyl halides is 3. The maximum atomic E-state index is 12.1. The number of allylic oxidation sites excluding steroid dienone is 3. The molecule has 0 heterocycles. The van der Waals surface area contributed by atoms with Crippen LogP contribution in [-0.4, -0.2) is 12.9 Å². The Morgan fingerprint density at radius 1 is 1.33 bits per heavy atom. The smallest absolute Gasteiger partial charge is 0.236 e. The van der Waals surface area contributed by atoms with Crippen molar-refractivity contribution < 1.29 is 17.6 Å². The Hall–Kier alpha value is -1.13. The Balaban J connectivity index is 4.49. The molecule has 12 heavy (non-hydrogen) atoms. The molecule has 0 unspecified atom stereocenters. The molecule has 0 aromatic heterocycles. The van der Waals surface area contributed by atoms with E-state index in [9.17, 15) is 17.6 Å². The molecule has 0 radical (unpaired) electrons. The number of rotatable bonds is 2. The van der Waals surface area contributed by atoms with Gasteiger partial charge in [0.25, 0.3) is 0 Å². The number of hydrogen-bond donors (Lipinski definition) is 0. The van der Waals surface area contributed by atoms with Gasteiger partial charge in [0.15, 0.2) is 0 Å². The van der Waals surface area contributed by atoms with E-state index in [-0.39, 0.29) is 0 Å². The van der Waals surface area contributed by atoms with Gasteiger partial charge >= 0.3 is 6.18 Å². The van der Waals surface area contributed by atoms with Crippen molar-refractivity contribution in [3.05, 3.63) is 23.7 Å². The van der Waals surface area contributed by atoms with E-state index in [4.69, 9.17) is 0 Å². The Morgan fingerprint density at radius 3 is 2.17 bits per heavy atom. The molecule has 0 amide bonds. The molecule has 0 bridgehead atoms. The number of halogens is 4. The molecule has 0 rings (SSSR count). The number of aliphatic imine (C=N–C) groups is 1. The topological polar surface area (TPSA) is 12.4 Å². The highest BCUT2D eigenvalue weighted by atomic mass is 19.4. The predicted octanol–water partition coefficient (Wildman–Crippen LogP) is 3.01. The Kier molecular flexibility index (Phi) is 3.66. The van der Waals surface area contributed by atoms with E-state index >= 15 is 0 Å². The van der Waals surface area contributed by atoms with Crippen LogP contribution in [0, 0.1) is 0 Å². The normalized spacial score (nSPS) is 14.8. The van der Waals surface area contributed by atoms with E-state index in [1.165, 1.54) is 0 Å². The van der Waals surface area contributed by atoms with Crippen molar-refractivity contribution in [3.8, 4) is 0 Å². The molecule has 0 atom stereocenters. The fraction of sp³-hybridized carbons (Fsp3) is 0.286. The summed E-state index contributed by atoms with van der Waals surface area (Å²) in [5, 5.41) is 0. The average Bonchev–Trinajstić information content (AvgIpc) is 1.97. The molecule has 0 saturated heterocycles. The molecule has 5 heteroatoms. The first-order valence-corrected chi connectivity index (χ1v) is 2.96. The molecule has 0 aromatic rings. The second kappa shape index (κ2) is 4.04. The minimum atomic E-state index is -4.42. The second-order valence-corrected chi connectivity index (χ2v) is 1.99. The van der Waals surface area contributed by atoms with Gasteiger partial charge < -0.3 is 0 Å². The lowest BCUT2D eigenvalue weighted by molar-refractivity contribution is -0.0912. The van der Waals surface area contributed by atoms with Gasteiger partial charge in [-0.3, -0.25) is 0 Å². The highest BCUT2D eigenvalue weighted by Crippen LogP contribution is 2.24. The summed E-state index contributed by atoms with van der Waals surface area (Å²) < 4.78 is 47.3. The standard InChI is InChI=1S/C7H7F4N/c1-5(7(9,10)11)3-4-6(8)12-2/h3-4H,2H2,1H3/b5-3+,6-4-. The summed E-state index contributed by atoms with van der Waals surface area (Å²) in [5.41, 5.74) is -0.888.